The van der Waals surface area contributed by atoms with E-state index in [0.717, 1.165) is 13.0 Å². The van der Waals surface area contributed by atoms with Gasteiger partial charge in [0.15, 0.2) is 0 Å². The topological polar surface area (TPSA) is 38.0 Å². The van der Waals surface area contributed by atoms with Crippen molar-refractivity contribution in [2.75, 3.05) is 17.6 Å². The van der Waals surface area contributed by atoms with Gasteiger partial charge in [0.2, 0.25) is 0 Å². The van der Waals surface area contributed by atoms with Crippen LogP contribution in [0.5, 0.6) is 0 Å². The van der Waals surface area contributed by atoms with Gasteiger partial charge in [0.05, 0.1) is 16.4 Å². The van der Waals surface area contributed by atoms with Crippen LogP contribution in [0.1, 0.15) is 17.0 Å². The maximum atomic E-state index is 13.2. The van der Waals surface area contributed by atoms with E-state index in [1.807, 2.05) is 6.07 Å². The molecule has 0 bridgehead atoms. The van der Waals surface area contributed by atoms with Crippen molar-refractivity contribution in [2.45, 2.75) is 12.3 Å². The maximum Gasteiger partial charge on any atom is 0.143 e. The van der Waals surface area contributed by atoms with E-state index >= 15 is 0 Å². The van der Waals surface area contributed by atoms with E-state index in [-0.39, 0.29) is 5.02 Å². The number of nitrogen functional groups attached to an aromatic ring is 1. The molecule has 4 heteroatoms. The summed E-state index contributed by atoms with van der Waals surface area (Å²) >= 11 is 5.76. The molecule has 98 valence electrons. The van der Waals surface area contributed by atoms with Gasteiger partial charge >= 0.3 is 0 Å². The Bertz CT molecular complexity index is 628. The van der Waals surface area contributed by atoms with E-state index in [0.29, 0.717) is 17.3 Å². The summed E-state index contributed by atoms with van der Waals surface area (Å²) in [4.78, 5) is 0. The number of nitrogens with two attached hydrogens (primary N) is 1. The number of benzene rings is 2. The lowest BCUT2D eigenvalue weighted by Gasteiger charge is -2.30. The summed E-state index contributed by atoms with van der Waals surface area (Å²) in [6.07, 6.45) is 1.07. The average Bonchev–Trinajstić information content (AvgIpc) is 2.36. The van der Waals surface area contributed by atoms with E-state index in [1.165, 1.54) is 23.3 Å². The van der Waals surface area contributed by atoms with Crippen molar-refractivity contribution in [1.82, 2.24) is 0 Å². The molecule has 3 N–H and O–H groups in total. The summed E-state index contributed by atoms with van der Waals surface area (Å²) in [6, 6.07) is 11.2. The van der Waals surface area contributed by atoms with Crippen molar-refractivity contribution in [3.8, 4) is 0 Å². The van der Waals surface area contributed by atoms with E-state index in [1.54, 1.807) is 0 Å². The molecule has 0 aliphatic heterocycles. The first-order valence-electron chi connectivity index (χ1n) is 6.21. The van der Waals surface area contributed by atoms with Crippen LogP contribution < -0.4 is 11.1 Å². The van der Waals surface area contributed by atoms with Crippen molar-refractivity contribution < 1.29 is 4.39 Å². The molecule has 3 rings (SSSR count). The van der Waals surface area contributed by atoms with E-state index in [2.05, 4.69) is 23.5 Å². The first-order chi connectivity index (χ1) is 9.15. The molecule has 0 aromatic heterocycles. The molecule has 0 spiro atoms. The lowest BCUT2D eigenvalue weighted by atomic mass is 9.77. The van der Waals surface area contributed by atoms with Crippen molar-refractivity contribution in [1.29, 1.82) is 0 Å². The van der Waals surface area contributed by atoms with Crippen LogP contribution in [0.2, 0.25) is 5.02 Å². The van der Waals surface area contributed by atoms with Crippen LogP contribution in [0.25, 0.3) is 0 Å². The fraction of sp³-hybridized carbons (Fsp3) is 0.200. The fourth-order valence-corrected chi connectivity index (χ4v) is 2.66. The minimum Gasteiger partial charge on any atom is -0.397 e. The SMILES string of the molecule is Nc1cc(F)c(Cl)cc1NCC1Cc2ccccc21. The second kappa shape index (κ2) is 4.74. The van der Waals surface area contributed by atoms with E-state index in [9.17, 15) is 4.39 Å². The average molecular weight is 277 g/mol. The summed E-state index contributed by atoms with van der Waals surface area (Å²) in [5, 5.41) is 3.34. The molecule has 1 aliphatic rings. The van der Waals surface area contributed by atoms with Gasteiger partial charge in [-0.15, -0.1) is 0 Å². The van der Waals surface area contributed by atoms with Crippen molar-refractivity contribution >= 4 is 23.0 Å². The highest BCUT2D eigenvalue weighted by Crippen LogP contribution is 2.35. The molecule has 0 saturated carbocycles. The van der Waals surface area contributed by atoms with Gasteiger partial charge in [0.25, 0.3) is 0 Å². The van der Waals surface area contributed by atoms with Crippen molar-refractivity contribution in [3.05, 3.63) is 58.4 Å². The zero-order valence-corrected chi connectivity index (χ0v) is 11.0. The minimum atomic E-state index is -0.487. The highest BCUT2D eigenvalue weighted by molar-refractivity contribution is 6.31. The van der Waals surface area contributed by atoms with Crippen LogP contribution in [0.15, 0.2) is 36.4 Å². The summed E-state index contributed by atoms with van der Waals surface area (Å²) in [7, 11) is 0. The molecule has 0 radical (unpaired) electrons. The second-order valence-corrected chi connectivity index (χ2v) is 5.24. The number of fused-ring (bicyclic) bond motifs is 1. The highest BCUT2D eigenvalue weighted by atomic mass is 35.5. The third-order valence-corrected chi connectivity index (χ3v) is 3.88. The number of anilines is 2. The van der Waals surface area contributed by atoms with Gasteiger partial charge in [-0.1, -0.05) is 35.9 Å². The van der Waals surface area contributed by atoms with Gasteiger partial charge in [-0.25, -0.2) is 4.39 Å². The van der Waals surface area contributed by atoms with Crippen LogP contribution in [0.3, 0.4) is 0 Å². The fourth-order valence-electron chi connectivity index (χ4n) is 2.49. The smallest absolute Gasteiger partial charge is 0.143 e. The second-order valence-electron chi connectivity index (χ2n) is 4.83. The zero-order chi connectivity index (χ0) is 13.4. The summed E-state index contributed by atoms with van der Waals surface area (Å²) in [5.41, 5.74) is 9.62. The Balaban J connectivity index is 1.70. The third-order valence-electron chi connectivity index (χ3n) is 3.59. The molecule has 0 amide bonds. The Morgan fingerprint density at radius 1 is 1.32 bits per heavy atom. The van der Waals surface area contributed by atoms with E-state index < -0.39 is 5.82 Å². The largest absolute Gasteiger partial charge is 0.397 e. The first kappa shape index (κ1) is 12.3. The Labute approximate surface area is 116 Å². The van der Waals surface area contributed by atoms with Gasteiger partial charge in [-0.3, -0.25) is 0 Å². The summed E-state index contributed by atoms with van der Waals surface area (Å²) in [5.74, 6) is -0.00173. The van der Waals surface area contributed by atoms with E-state index in [4.69, 9.17) is 17.3 Å². The predicted octanol–water partition coefficient (Wildman–Crippen LogP) is 3.81. The van der Waals surface area contributed by atoms with Gasteiger partial charge in [0, 0.05) is 18.5 Å². The van der Waals surface area contributed by atoms with Crippen molar-refractivity contribution in [3.63, 3.8) is 0 Å². The van der Waals surface area contributed by atoms with Crippen LogP contribution in [0.4, 0.5) is 15.8 Å². The lowest BCUT2D eigenvalue weighted by molar-refractivity contribution is 0.627. The molecule has 1 unspecified atom stereocenters. The Kier molecular flexibility index (Phi) is 3.07. The predicted molar refractivity (Wildman–Crippen MR) is 77.2 cm³/mol. The minimum absolute atomic E-state index is 0.0886. The number of rotatable bonds is 3. The molecule has 2 aromatic rings. The third kappa shape index (κ3) is 2.26. The molecular formula is C15H14ClFN2. The van der Waals surface area contributed by atoms with Gasteiger partial charge in [0.1, 0.15) is 5.82 Å². The Morgan fingerprint density at radius 2 is 2.11 bits per heavy atom. The Hall–Kier alpha value is -1.74. The molecule has 1 atom stereocenters. The molecule has 0 saturated heterocycles. The standard InChI is InChI=1S/C15H14ClFN2/c16-12-6-15(14(18)7-13(12)17)19-8-10-5-9-3-1-2-4-11(9)10/h1-4,6-7,10,19H,5,8,18H2. The monoisotopic (exact) mass is 276 g/mol. The normalized spacial score (nSPS) is 16.6. The van der Waals surface area contributed by atoms with Crippen LogP contribution in [0, 0.1) is 5.82 Å². The van der Waals surface area contributed by atoms with Gasteiger partial charge in [-0.05, 0) is 23.6 Å². The quantitative estimate of drug-likeness (QED) is 0.837. The van der Waals surface area contributed by atoms with Gasteiger partial charge < -0.3 is 11.1 Å². The molecule has 2 nitrogen and oxygen atoms in total. The van der Waals surface area contributed by atoms with Crippen molar-refractivity contribution in [2.24, 2.45) is 0 Å². The van der Waals surface area contributed by atoms with Gasteiger partial charge in [-0.2, -0.15) is 0 Å². The molecular weight excluding hydrogens is 263 g/mol. The molecule has 0 fully saturated rings. The molecule has 2 aromatic carbocycles. The molecule has 1 aliphatic carbocycles. The number of hydrogen-bond acceptors (Lipinski definition) is 2. The summed E-state index contributed by atoms with van der Waals surface area (Å²) < 4.78 is 13.2. The number of halogens is 2. The summed E-state index contributed by atoms with van der Waals surface area (Å²) in [6.45, 7) is 0.781. The number of nitrogens with one attached hydrogen (secondary N) is 1. The van der Waals surface area contributed by atoms with Crippen LogP contribution >= 0.6 is 11.6 Å². The first-order valence-corrected chi connectivity index (χ1v) is 6.59. The Morgan fingerprint density at radius 3 is 2.89 bits per heavy atom. The zero-order valence-electron chi connectivity index (χ0n) is 10.3. The molecule has 19 heavy (non-hydrogen) atoms. The number of hydrogen-bond donors (Lipinski definition) is 2. The maximum absolute atomic E-state index is 13.2. The molecule has 0 heterocycles. The lowest BCUT2D eigenvalue weighted by Crippen LogP contribution is -2.24. The van der Waals surface area contributed by atoms with Crippen LogP contribution in [-0.4, -0.2) is 6.54 Å². The highest BCUT2D eigenvalue weighted by Gasteiger charge is 2.25. The van der Waals surface area contributed by atoms with Crippen LogP contribution in [-0.2, 0) is 6.42 Å².